The van der Waals surface area contributed by atoms with E-state index >= 15 is 0 Å². The molecule has 0 spiro atoms. The van der Waals surface area contributed by atoms with Crippen LogP contribution in [0.4, 0.5) is 0 Å². The minimum absolute atomic E-state index is 0.255. The Morgan fingerprint density at radius 1 is 1.06 bits per heavy atom. The molecule has 0 aromatic heterocycles. The van der Waals surface area contributed by atoms with Gasteiger partial charge in [-0.1, -0.05) is 0 Å². The summed E-state index contributed by atoms with van der Waals surface area (Å²) in [4.78, 5) is 11.1. The van der Waals surface area contributed by atoms with Gasteiger partial charge in [-0.3, -0.25) is 4.79 Å². The lowest BCUT2D eigenvalue weighted by Gasteiger charge is -2.22. The van der Waals surface area contributed by atoms with Crippen LogP contribution >= 0.6 is 0 Å². The summed E-state index contributed by atoms with van der Waals surface area (Å²) >= 11 is 0. The van der Waals surface area contributed by atoms with Crippen LogP contribution in [0.1, 0.15) is 6.92 Å². The largest absolute Gasteiger partial charge is 0.457 e. The fourth-order valence-corrected chi connectivity index (χ4v) is 2.02. The SMILES string of the molecule is COC[C@H]1O[C@H](COC)[C@@H](OC(C)=O)[C@H]1OC. The number of esters is 1. The van der Waals surface area contributed by atoms with Crippen molar-refractivity contribution in [3.63, 3.8) is 0 Å². The summed E-state index contributed by atoms with van der Waals surface area (Å²) < 4.78 is 26.4. The molecule has 4 atom stereocenters. The highest BCUT2D eigenvalue weighted by Gasteiger charge is 2.47. The van der Waals surface area contributed by atoms with Crippen molar-refractivity contribution in [3.8, 4) is 0 Å². The first kappa shape index (κ1) is 14.4. The summed E-state index contributed by atoms with van der Waals surface area (Å²) in [6, 6.07) is 0. The smallest absolute Gasteiger partial charge is 0.303 e. The van der Waals surface area contributed by atoms with Gasteiger partial charge in [-0.2, -0.15) is 0 Å². The molecule has 1 aliphatic rings. The van der Waals surface area contributed by atoms with Crippen LogP contribution in [0.15, 0.2) is 0 Å². The lowest BCUT2D eigenvalue weighted by atomic mass is 10.1. The Hall–Kier alpha value is -0.690. The summed E-state index contributed by atoms with van der Waals surface area (Å²) in [6.07, 6.45) is -1.37. The van der Waals surface area contributed by atoms with Crippen molar-refractivity contribution in [1.29, 1.82) is 0 Å². The predicted molar refractivity (Wildman–Crippen MR) is 58.8 cm³/mol. The Morgan fingerprint density at radius 3 is 2.00 bits per heavy atom. The highest BCUT2D eigenvalue weighted by molar-refractivity contribution is 5.66. The van der Waals surface area contributed by atoms with Gasteiger partial charge in [0.1, 0.15) is 18.3 Å². The fourth-order valence-electron chi connectivity index (χ4n) is 2.02. The molecule has 0 amide bonds. The van der Waals surface area contributed by atoms with Gasteiger partial charge >= 0.3 is 5.97 Å². The molecule has 6 heteroatoms. The fraction of sp³-hybridized carbons (Fsp3) is 0.909. The molecule has 0 aromatic rings. The van der Waals surface area contributed by atoms with E-state index in [4.69, 9.17) is 23.7 Å². The second-order valence-electron chi connectivity index (χ2n) is 3.90. The van der Waals surface area contributed by atoms with Crippen LogP contribution in [-0.4, -0.2) is 64.9 Å². The Morgan fingerprint density at radius 2 is 1.59 bits per heavy atom. The monoisotopic (exact) mass is 248 g/mol. The van der Waals surface area contributed by atoms with Crippen molar-refractivity contribution in [2.45, 2.75) is 31.3 Å². The third kappa shape index (κ3) is 3.64. The van der Waals surface area contributed by atoms with Gasteiger partial charge in [-0.25, -0.2) is 0 Å². The molecule has 17 heavy (non-hydrogen) atoms. The first-order valence-electron chi connectivity index (χ1n) is 5.47. The van der Waals surface area contributed by atoms with E-state index < -0.39 is 6.10 Å². The highest BCUT2D eigenvalue weighted by Crippen LogP contribution is 2.26. The van der Waals surface area contributed by atoms with Gasteiger partial charge in [0.15, 0.2) is 6.10 Å². The normalized spacial score (nSPS) is 32.7. The number of hydrogen-bond acceptors (Lipinski definition) is 6. The van der Waals surface area contributed by atoms with Crippen LogP contribution in [0, 0.1) is 0 Å². The minimum Gasteiger partial charge on any atom is -0.457 e. The number of hydrogen-bond donors (Lipinski definition) is 0. The standard InChI is InChI=1S/C11H20O6/c1-7(12)16-11-9(6-14-3)17-8(5-13-2)10(11)15-4/h8-11H,5-6H2,1-4H3/t8-,9-,10+,11-/m1/s1. The van der Waals surface area contributed by atoms with Crippen molar-refractivity contribution < 1.29 is 28.5 Å². The summed E-state index contributed by atoms with van der Waals surface area (Å²) in [5, 5.41) is 0. The van der Waals surface area contributed by atoms with Gasteiger partial charge < -0.3 is 23.7 Å². The average Bonchev–Trinajstić information content (AvgIpc) is 2.57. The summed E-state index contributed by atoms with van der Waals surface area (Å²) in [5.41, 5.74) is 0. The first-order chi connectivity index (χ1) is 8.13. The molecule has 1 heterocycles. The number of rotatable bonds is 6. The van der Waals surface area contributed by atoms with E-state index in [9.17, 15) is 4.79 Å². The Kier molecular flexibility index (Phi) is 5.84. The van der Waals surface area contributed by atoms with Gasteiger partial charge in [-0.05, 0) is 0 Å². The third-order valence-corrected chi connectivity index (χ3v) is 2.64. The van der Waals surface area contributed by atoms with Crippen molar-refractivity contribution >= 4 is 5.97 Å². The average molecular weight is 248 g/mol. The van der Waals surface area contributed by atoms with E-state index in [1.807, 2.05) is 0 Å². The molecule has 0 unspecified atom stereocenters. The third-order valence-electron chi connectivity index (χ3n) is 2.64. The van der Waals surface area contributed by atoms with Crippen LogP contribution in [-0.2, 0) is 28.5 Å². The molecule has 0 bridgehead atoms. The lowest BCUT2D eigenvalue weighted by molar-refractivity contribution is -0.155. The van der Waals surface area contributed by atoms with Gasteiger partial charge in [0.25, 0.3) is 0 Å². The van der Waals surface area contributed by atoms with Crippen LogP contribution in [0.3, 0.4) is 0 Å². The predicted octanol–water partition coefficient (Wildman–Crippen LogP) is -0.00670. The van der Waals surface area contributed by atoms with Gasteiger partial charge in [-0.15, -0.1) is 0 Å². The molecule has 0 aromatic carbocycles. The summed E-state index contributed by atoms with van der Waals surface area (Å²) in [7, 11) is 4.71. The summed E-state index contributed by atoms with van der Waals surface area (Å²) in [6.45, 7) is 2.09. The van der Waals surface area contributed by atoms with Crippen molar-refractivity contribution in [2.24, 2.45) is 0 Å². The van der Waals surface area contributed by atoms with E-state index in [1.54, 1.807) is 21.3 Å². The maximum absolute atomic E-state index is 11.1. The number of carbonyl (C=O) groups is 1. The molecule has 100 valence electrons. The van der Waals surface area contributed by atoms with Crippen LogP contribution in [0.2, 0.25) is 0 Å². The van der Waals surface area contributed by atoms with E-state index in [0.29, 0.717) is 13.2 Å². The van der Waals surface area contributed by atoms with Gasteiger partial charge in [0, 0.05) is 28.3 Å². The van der Waals surface area contributed by atoms with Crippen molar-refractivity contribution in [1.82, 2.24) is 0 Å². The minimum atomic E-state index is -0.461. The van der Waals surface area contributed by atoms with Crippen LogP contribution in [0.5, 0.6) is 0 Å². The maximum atomic E-state index is 11.1. The lowest BCUT2D eigenvalue weighted by Crippen LogP contribution is -2.40. The topological polar surface area (TPSA) is 63.2 Å². The Labute approximate surface area is 101 Å². The molecular weight excluding hydrogens is 228 g/mol. The molecule has 0 radical (unpaired) electrons. The summed E-state index contributed by atoms with van der Waals surface area (Å²) in [5.74, 6) is -0.361. The molecule has 1 saturated heterocycles. The van der Waals surface area contributed by atoms with Crippen molar-refractivity contribution in [2.75, 3.05) is 34.5 Å². The molecule has 0 aliphatic carbocycles. The zero-order chi connectivity index (χ0) is 12.8. The Bertz CT molecular complexity index is 244. The maximum Gasteiger partial charge on any atom is 0.303 e. The van der Waals surface area contributed by atoms with Crippen LogP contribution in [0.25, 0.3) is 0 Å². The molecule has 1 aliphatic heterocycles. The van der Waals surface area contributed by atoms with E-state index in [-0.39, 0.29) is 24.3 Å². The number of ether oxygens (including phenoxy) is 5. The zero-order valence-corrected chi connectivity index (χ0v) is 10.7. The van der Waals surface area contributed by atoms with E-state index in [2.05, 4.69) is 0 Å². The second-order valence-corrected chi connectivity index (χ2v) is 3.90. The zero-order valence-electron chi connectivity index (χ0n) is 10.7. The van der Waals surface area contributed by atoms with E-state index in [1.165, 1.54) is 6.92 Å². The highest BCUT2D eigenvalue weighted by atomic mass is 16.6. The van der Waals surface area contributed by atoms with Gasteiger partial charge in [0.05, 0.1) is 13.2 Å². The second kappa shape index (κ2) is 6.90. The first-order valence-corrected chi connectivity index (χ1v) is 5.47. The molecule has 0 saturated carbocycles. The molecular formula is C11H20O6. The van der Waals surface area contributed by atoms with Crippen LogP contribution < -0.4 is 0 Å². The van der Waals surface area contributed by atoms with Crippen molar-refractivity contribution in [3.05, 3.63) is 0 Å². The van der Waals surface area contributed by atoms with E-state index in [0.717, 1.165) is 0 Å². The molecule has 0 N–H and O–H groups in total. The van der Waals surface area contributed by atoms with Gasteiger partial charge in [0.2, 0.25) is 0 Å². The number of carbonyl (C=O) groups excluding carboxylic acids is 1. The number of methoxy groups -OCH3 is 3. The Balaban J connectivity index is 2.73. The molecule has 1 fully saturated rings. The molecule has 6 nitrogen and oxygen atoms in total. The quantitative estimate of drug-likeness (QED) is 0.616. The molecule has 1 rings (SSSR count).